The van der Waals surface area contributed by atoms with Gasteiger partial charge in [-0.2, -0.15) is 0 Å². The zero-order valence-corrected chi connectivity index (χ0v) is 18.9. The van der Waals surface area contributed by atoms with Crippen LogP contribution in [-0.4, -0.2) is 60.7 Å². The van der Waals surface area contributed by atoms with Gasteiger partial charge in [-0.15, -0.1) is 0 Å². The SMILES string of the molecule is COc1ccccc1CC[C@H]1CCC[C@@H](CCc2ccccc2OC)N1C[C@@H](O)CO. The van der Waals surface area contributed by atoms with Crippen molar-refractivity contribution in [1.29, 1.82) is 0 Å². The predicted molar refractivity (Wildman–Crippen MR) is 124 cm³/mol. The van der Waals surface area contributed by atoms with Crippen molar-refractivity contribution in [1.82, 2.24) is 4.90 Å². The third-order valence-corrected chi connectivity index (χ3v) is 6.52. The molecule has 1 aliphatic rings. The monoisotopic (exact) mass is 427 g/mol. The van der Waals surface area contributed by atoms with Crippen molar-refractivity contribution >= 4 is 0 Å². The molecule has 5 heteroatoms. The van der Waals surface area contributed by atoms with E-state index in [4.69, 9.17) is 9.47 Å². The number of methoxy groups -OCH3 is 2. The van der Waals surface area contributed by atoms with Crippen LogP contribution in [0.2, 0.25) is 0 Å². The van der Waals surface area contributed by atoms with Crippen molar-refractivity contribution in [3.63, 3.8) is 0 Å². The Morgan fingerprint density at radius 1 is 0.871 bits per heavy atom. The number of aliphatic hydroxyl groups is 2. The van der Waals surface area contributed by atoms with Crippen LogP contribution in [0.25, 0.3) is 0 Å². The van der Waals surface area contributed by atoms with Crippen molar-refractivity contribution in [3.8, 4) is 11.5 Å². The van der Waals surface area contributed by atoms with Crippen LogP contribution in [-0.2, 0) is 12.8 Å². The van der Waals surface area contributed by atoms with Crippen LogP contribution in [0.15, 0.2) is 48.5 Å². The van der Waals surface area contributed by atoms with Gasteiger partial charge in [-0.05, 0) is 61.8 Å². The van der Waals surface area contributed by atoms with E-state index < -0.39 is 6.10 Å². The minimum absolute atomic E-state index is 0.199. The van der Waals surface area contributed by atoms with Crippen molar-refractivity contribution < 1.29 is 19.7 Å². The number of aliphatic hydroxyl groups excluding tert-OH is 2. The third-order valence-electron chi connectivity index (χ3n) is 6.52. The summed E-state index contributed by atoms with van der Waals surface area (Å²) in [5.74, 6) is 1.88. The molecular formula is C26H37NO4. The maximum Gasteiger partial charge on any atom is 0.122 e. The van der Waals surface area contributed by atoms with Crippen molar-refractivity contribution in [2.24, 2.45) is 0 Å². The van der Waals surface area contributed by atoms with Gasteiger partial charge >= 0.3 is 0 Å². The lowest BCUT2D eigenvalue weighted by molar-refractivity contribution is 0.00208. The zero-order valence-electron chi connectivity index (χ0n) is 18.9. The molecule has 2 N–H and O–H groups in total. The molecule has 1 heterocycles. The van der Waals surface area contributed by atoms with E-state index in [1.807, 2.05) is 24.3 Å². The van der Waals surface area contributed by atoms with E-state index in [9.17, 15) is 10.2 Å². The number of β-amino-alcohol motifs (C(OH)–C–C–N with tert-alkyl or cyclic N) is 1. The van der Waals surface area contributed by atoms with Crippen LogP contribution in [0.4, 0.5) is 0 Å². The molecule has 170 valence electrons. The van der Waals surface area contributed by atoms with Crippen LogP contribution >= 0.6 is 0 Å². The fourth-order valence-electron chi connectivity index (χ4n) is 4.90. The van der Waals surface area contributed by atoms with E-state index in [1.165, 1.54) is 17.5 Å². The quantitative estimate of drug-likeness (QED) is 0.570. The number of hydrogen-bond acceptors (Lipinski definition) is 5. The highest BCUT2D eigenvalue weighted by molar-refractivity contribution is 5.34. The first-order chi connectivity index (χ1) is 15.2. The number of ether oxygens (including phenoxy) is 2. The van der Waals surface area contributed by atoms with E-state index in [0.717, 1.165) is 50.0 Å². The van der Waals surface area contributed by atoms with E-state index in [1.54, 1.807) is 14.2 Å². The molecule has 0 spiro atoms. The topological polar surface area (TPSA) is 62.2 Å². The minimum atomic E-state index is -0.708. The standard InChI is InChI=1S/C26H37NO4/c1-30-25-12-5-3-8-20(25)14-16-22-10-7-11-23(27(22)18-24(29)19-28)17-15-21-9-4-6-13-26(21)31-2/h3-6,8-9,12-13,22-24,28-29H,7,10-11,14-19H2,1-2H3/t22-,23+,24-/m1/s1. The summed E-state index contributed by atoms with van der Waals surface area (Å²) in [7, 11) is 3.44. The fourth-order valence-corrected chi connectivity index (χ4v) is 4.90. The van der Waals surface area contributed by atoms with E-state index in [2.05, 4.69) is 29.2 Å². The van der Waals surface area contributed by atoms with Crippen molar-refractivity contribution in [2.75, 3.05) is 27.4 Å². The Bertz CT molecular complexity index is 737. The summed E-state index contributed by atoms with van der Waals surface area (Å²) in [6.45, 7) is 0.318. The molecule has 3 rings (SSSR count). The molecule has 0 amide bonds. The van der Waals surface area contributed by atoms with Gasteiger partial charge in [0.1, 0.15) is 11.5 Å². The van der Waals surface area contributed by atoms with Crippen LogP contribution in [0, 0.1) is 0 Å². The summed E-state index contributed by atoms with van der Waals surface area (Å²) in [5, 5.41) is 19.7. The first-order valence-electron chi connectivity index (χ1n) is 11.4. The summed E-state index contributed by atoms with van der Waals surface area (Å²) in [5.41, 5.74) is 2.45. The second-order valence-electron chi connectivity index (χ2n) is 8.47. The van der Waals surface area contributed by atoms with Gasteiger partial charge in [0.25, 0.3) is 0 Å². The molecule has 1 saturated heterocycles. The minimum Gasteiger partial charge on any atom is -0.496 e. The molecule has 1 aliphatic heterocycles. The molecule has 2 aromatic carbocycles. The number of rotatable bonds is 11. The third kappa shape index (κ3) is 6.45. The largest absolute Gasteiger partial charge is 0.496 e. The molecule has 0 unspecified atom stereocenters. The van der Waals surface area contributed by atoms with Crippen LogP contribution in [0.1, 0.15) is 43.2 Å². The van der Waals surface area contributed by atoms with E-state index >= 15 is 0 Å². The lowest BCUT2D eigenvalue weighted by atomic mass is 9.88. The lowest BCUT2D eigenvalue weighted by Crippen LogP contribution is -2.50. The van der Waals surface area contributed by atoms with Gasteiger partial charge in [0.15, 0.2) is 0 Å². The summed E-state index contributed by atoms with van der Waals surface area (Å²) in [4.78, 5) is 2.45. The molecule has 5 nitrogen and oxygen atoms in total. The molecule has 0 aromatic heterocycles. The highest BCUT2D eigenvalue weighted by Crippen LogP contribution is 2.31. The first kappa shape index (κ1) is 23.6. The number of para-hydroxylation sites is 2. The number of hydrogen-bond donors (Lipinski definition) is 2. The lowest BCUT2D eigenvalue weighted by Gasteiger charge is -2.43. The van der Waals surface area contributed by atoms with Gasteiger partial charge in [-0.3, -0.25) is 4.90 Å². The average Bonchev–Trinajstić information content (AvgIpc) is 2.82. The second kappa shape index (κ2) is 12.1. The Kier molecular flexibility index (Phi) is 9.19. The molecule has 1 fully saturated rings. The number of piperidine rings is 1. The highest BCUT2D eigenvalue weighted by Gasteiger charge is 2.31. The Hall–Kier alpha value is -2.08. The maximum atomic E-state index is 10.2. The second-order valence-corrected chi connectivity index (χ2v) is 8.47. The maximum absolute atomic E-state index is 10.2. The molecule has 0 aliphatic carbocycles. The van der Waals surface area contributed by atoms with E-state index in [-0.39, 0.29) is 6.61 Å². The Labute approximate surface area is 186 Å². The Morgan fingerprint density at radius 3 is 1.81 bits per heavy atom. The van der Waals surface area contributed by atoms with Crippen molar-refractivity contribution in [2.45, 2.75) is 63.1 Å². The van der Waals surface area contributed by atoms with Crippen LogP contribution < -0.4 is 9.47 Å². The van der Waals surface area contributed by atoms with Crippen LogP contribution in [0.5, 0.6) is 11.5 Å². The van der Waals surface area contributed by atoms with Gasteiger partial charge < -0.3 is 19.7 Å². The average molecular weight is 428 g/mol. The molecule has 31 heavy (non-hydrogen) atoms. The normalized spacial score (nSPS) is 20.4. The number of benzene rings is 2. The molecule has 2 aromatic rings. The van der Waals surface area contributed by atoms with Gasteiger partial charge in [-0.25, -0.2) is 0 Å². The highest BCUT2D eigenvalue weighted by atomic mass is 16.5. The van der Waals surface area contributed by atoms with Gasteiger partial charge in [-0.1, -0.05) is 42.8 Å². The predicted octanol–water partition coefficient (Wildman–Crippen LogP) is 3.85. The fraction of sp³-hybridized carbons (Fsp3) is 0.538. The first-order valence-corrected chi connectivity index (χ1v) is 11.4. The number of likely N-dealkylation sites (tertiary alicyclic amines) is 1. The van der Waals surface area contributed by atoms with Gasteiger partial charge in [0.05, 0.1) is 26.9 Å². The molecule has 0 bridgehead atoms. The number of nitrogens with zero attached hydrogens (tertiary/aromatic N) is 1. The molecule has 0 saturated carbocycles. The summed E-state index contributed by atoms with van der Waals surface area (Å²) in [6.07, 6.45) is 6.66. The molecule has 0 radical (unpaired) electrons. The van der Waals surface area contributed by atoms with Crippen molar-refractivity contribution in [3.05, 3.63) is 59.7 Å². The number of aryl methyl sites for hydroxylation is 2. The Balaban J connectivity index is 1.69. The van der Waals surface area contributed by atoms with E-state index in [0.29, 0.717) is 18.6 Å². The zero-order chi connectivity index (χ0) is 22.1. The van der Waals surface area contributed by atoms with Gasteiger partial charge in [0.2, 0.25) is 0 Å². The molecular weight excluding hydrogens is 390 g/mol. The van der Waals surface area contributed by atoms with Gasteiger partial charge in [0, 0.05) is 18.6 Å². The Morgan fingerprint density at radius 2 is 1.35 bits per heavy atom. The summed E-state index contributed by atoms with van der Waals surface area (Å²) < 4.78 is 11.1. The summed E-state index contributed by atoms with van der Waals surface area (Å²) in [6, 6.07) is 17.2. The smallest absolute Gasteiger partial charge is 0.122 e. The van der Waals surface area contributed by atoms with Crippen LogP contribution in [0.3, 0.4) is 0 Å². The molecule has 3 atom stereocenters. The summed E-state index contributed by atoms with van der Waals surface area (Å²) >= 11 is 0.